The molecule has 1 fully saturated rings. The predicted molar refractivity (Wildman–Crippen MR) is 87.4 cm³/mol. The normalized spacial score (nSPS) is 31.1. The van der Waals surface area contributed by atoms with Crippen LogP contribution < -0.4 is 0 Å². The van der Waals surface area contributed by atoms with E-state index in [0.29, 0.717) is 12.0 Å². The zero-order valence-corrected chi connectivity index (χ0v) is 13.5. The Kier molecular flexibility index (Phi) is 4.66. The maximum atomic E-state index is 10.8. The van der Waals surface area contributed by atoms with Gasteiger partial charge in [0.15, 0.2) is 0 Å². The molecule has 21 heavy (non-hydrogen) atoms. The Bertz CT molecular complexity index is 464. The van der Waals surface area contributed by atoms with Gasteiger partial charge in [-0.2, -0.15) is 0 Å². The second-order valence-corrected chi connectivity index (χ2v) is 7.05. The number of rotatable bonds is 3. The van der Waals surface area contributed by atoms with Crippen molar-refractivity contribution in [1.29, 1.82) is 0 Å². The van der Waals surface area contributed by atoms with E-state index in [2.05, 4.69) is 43.0 Å². The number of piperidine rings is 1. The molecule has 2 heteroatoms. The van der Waals surface area contributed by atoms with Crippen LogP contribution in [0.4, 0.5) is 0 Å². The van der Waals surface area contributed by atoms with Crippen LogP contribution in [0.1, 0.15) is 69.1 Å². The van der Waals surface area contributed by atoms with E-state index in [-0.39, 0.29) is 6.10 Å². The first-order chi connectivity index (χ1) is 10.2. The van der Waals surface area contributed by atoms with Crippen LogP contribution in [0.25, 0.3) is 0 Å². The fourth-order valence-corrected chi connectivity index (χ4v) is 4.38. The number of aliphatic hydroxyl groups excluding tert-OH is 1. The summed E-state index contributed by atoms with van der Waals surface area (Å²) in [6.45, 7) is 6.93. The van der Waals surface area contributed by atoms with E-state index >= 15 is 0 Å². The molecule has 0 spiro atoms. The van der Waals surface area contributed by atoms with Crippen molar-refractivity contribution in [3.8, 4) is 0 Å². The van der Waals surface area contributed by atoms with Crippen molar-refractivity contribution in [3.05, 3.63) is 35.4 Å². The lowest BCUT2D eigenvalue weighted by molar-refractivity contribution is 0.0125. The van der Waals surface area contributed by atoms with Crippen LogP contribution >= 0.6 is 0 Å². The summed E-state index contributed by atoms with van der Waals surface area (Å²) in [6.07, 6.45) is 6.10. The molecule has 3 rings (SSSR count). The quantitative estimate of drug-likeness (QED) is 0.904. The summed E-state index contributed by atoms with van der Waals surface area (Å²) in [6, 6.07) is 8.78. The summed E-state index contributed by atoms with van der Waals surface area (Å²) in [5.74, 6) is 1.47. The number of nitrogens with zero attached hydrogens (tertiary/aromatic N) is 1. The third-order valence-electron chi connectivity index (χ3n) is 5.62. The minimum atomic E-state index is -0.305. The minimum absolute atomic E-state index is 0.305. The number of benzene rings is 1. The van der Waals surface area contributed by atoms with E-state index in [1.54, 1.807) is 0 Å². The molecule has 0 amide bonds. The molecule has 1 saturated heterocycles. The highest BCUT2D eigenvalue weighted by Crippen LogP contribution is 2.40. The maximum absolute atomic E-state index is 10.8. The zero-order valence-electron chi connectivity index (χ0n) is 13.5. The molecule has 0 aromatic heterocycles. The van der Waals surface area contributed by atoms with Crippen LogP contribution in [0.2, 0.25) is 0 Å². The van der Waals surface area contributed by atoms with Gasteiger partial charge in [-0.25, -0.2) is 0 Å². The highest BCUT2D eigenvalue weighted by atomic mass is 16.3. The SMILES string of the molecule is CCCC1CCN(C2CC(C)c3ccccc3C2O)CC1. The molecule has 2 nitrogen and oxygen atoms in total. The number of hydrogen-bond donors (Lipinski definition) is 1. The molecule has 1 aliphatic heterocycles. The molecule has 0 bridgehead atoms. The summed E-state index contributed by atoms with van der Waals surface area (Å²) in [7, 11) is 0. The first-order valence-electron chi connectivity index (χ1n) is 8.71. The Hall–Kier alpha value is -0.860. The molecular formula is C19H29NO. The molecule has 3 unspecified atom stereocenters. The number of likely N-dealkylation sites (tertiary alicyclic amines) is 1. The summed E-state index contributed by atoms with van der Waals surface area (Å²) in [5.41, 5.74) is 2.51. The van der Waals surface area contributed by atoms with E-state index in [1.165, 1.54) is 44.3 Å². The monoisotopic (exact) mass is 287 g/mol. The van der Waals surface area contributed by atoms with E-state index in [1.807, 2.05) is 0 Å². The van der Waals surface area contributed by atoms with Crippen LogP contribution in [-0.2, 0) is 0 Å². The Labute approximate surface area is 129 Å². The molecule has 116 valence electrons. The Morgan fingerprint density at radius 3 is 2.48 bits per heavy atom. The van der Waals surface area contributed by atoms with Crippen molar-refractivity contribution >= 4 is 0 Å². The number of aliphatic hydroxyl groups is 1. The van der Waals surface area contributed by atoms with Crippen molar-refractivity contribution in [1.82, 2.24) is 4.90 Å². The summed E-state index contributed by atoms with van der Waals surface area (Å²) in [4.78, 5) is 2.56. The lowest BCUT2D eigenvalue weighted by Gasteiger charge is -2.44. The second-order valence-electron chi connectivity index (χ2n) is 7.05. The summed E-state index contributed by atoms with van der Waals surface area (Å²) >= 11 is 0. The fourth-order valence-electron chi connectivity index (χ4n) is 4.38. The number of fused-ring (bicyclic) bond motifs is 1. The topological polar surface area (TPSA) is 23.5 Å². The van der Waals surface area contributed by atoms with Crippen molar-refractivity contribution in [3.63, 3.8) is 0 Å². The van der Waals surface area contributed by atoms with E-state index in [4.69, 9.17) is 0 Å². The lowest BCUT2D eigenvalue weighted by Crippen LogP contribution is -2.46. The van der Waals surface area contributed by atoms with E-state index < -0.39 is 0 Å². The first kappa shape index (κ1) is 15.1. The predicted octanol–water partition coefficient (Wildman–Crippen LogP) is 4.11. The van der Waals surface area contributed by atoms with Crippen LogP contribution in [0, 0.1) is 5.92 Å². The van der Waals surface area contributed by atoms with Gasteiger partial charge in [0.2, 0.25) is 0 Å². The van der Waals surface area contributed by atoms with Gasteiger partial charge in [-0.05, 0) is 55.3 Å². The van der Waals surface area contributed by atoms with Gasteiger partial charge < -0.3 is 5.11 Å². The molecule has 0 saturated carbocycles. The average molecular weight is 287 g/mol. The first-order valence-corrected chi connectivity index (χ1v) is 8.71. The molecule has 2 aliphatic rings. The van der Waals surface area contributed by atoms with Gasteiger partial charge in [0.05, 0.1) is 6.10 Å². The molecule has 1 aliphatic carbocycles. The highest BCUT2D eigenvalue weighted by Gasteiger charge is 2.36. The summed E-state index contributed by atoms with van der Waals surface area (Å²) in [5, 5.41) is 10.8. The minimum Gasteiger partial charge on any atom is -0.387 e. The Morgan fingerprint density at radius 1 is 1.14 bits per heavy atom. The van der Waals surface area contributed by atoms with Crippen molar-refractivity contribution in [2.75, 3.05) is 13.1 Å². The average Bonchev–Trinajstić information content (AvgIpc) is 2.52. The molecule has 1 aromatic rings. The maximum Gasteiger partial charge on any atom is 0.0948 e. The second kappa shape index (κ2) is 6.50. The van der Waals surface area contributed by atoms with E-state index in [9.17, 15) is 5.11 Å². The van der Waals surface area contributed by atoms with Crippen LogP contribution in [-0.4, -0.2) is 29.1 Å². The van der Waals surface area contributed by atoms with Crippen molar-refractivity contribution < 1.29 is 5.11 Å². The third-order valence-corrected chi connectivity index (χ3v) is 5.62. The van der Waals surface area contributed by atoms with Gasteiger partial charge in [0, 0.05) is 6.04 Å². The van der Waals surface area contributed by atoms with Crippen LogP contribution in [0.3, 0.4) is 0 Å². The van der Waals surface area contributed by atoms with Gasteiger partial charge in [-0.3, -0.25) is 4.90 Å². The lowest BCUT2D eigenvalue weighted by atomic mass is 9.78. The molecule has 1 N–H and O–H groups in total. The molecule has 3 atom stereocenters. The number of hydrogen-bond acceptors (Lipinski definition) is 2. The Balaban J connectivity index is 1.70. The largest absolute Gasteiger partial charge is 0.387 e. The van der Waals surface area contributed by atoms with Gasteiger partial charge in [-0.15, -0.1) is 0 Å². The molecular weight excluding hydrogens is 258 g/mol. The zero-order chi connectivity index (χ0) is 14.8. The fraction of sp³-hybridized carbons (Fsp3) is 0.684. The van der Waals surface area contributed by atoms with Crippen LogP contribution in [0.15, 0.2) is 24.3 Å². The van der Waals surface area contributed by atoms with Gasteiger partial charge in [0.25, 0.3) is 0 Å². The van der Waals surface area contributed by atoms with Gasteiger partial charge >= 0.3 is 0 Å². The highest BCUT2D eigenvalue weighted by molar-refractivity contribution is 5.35. The molecule has 0 radical (unpaired) electrons. The molecule has 1 heterocycles. The standard InChI is InChI=1S/C19H29NO/c1-3-6-15-9-11-20(12-10-15)18-13-14(2)16-7-4-5-8-17(16)19(18)21/h4-5,7-8,14-15,18-19,21H,3,6,9-13H2,1-2H3. The van der Waals surface area contributed by atoms with Crippen molar-refractivity contribution in [2.45, 2.75) is 64.0 Å². The summed E-state index contributed by atoms with van der Waals surface area (Å²) < 4.78 is 0. The molecule has 1 aromatic carbocycles. The van der Waals surface area contributed by atoms with Gasteiger partial charge in [0.1, 0.15) is 0 Å². The van der Waals surface area contributed by atoms with Gasteiger partial charge in [-0.1, -0.05) is 51.0 Å². The third kappa shape index (κ3) is 3.02. The van der Waals surface area contributed by atoms with Crippen molar-refractivity contribution in [2.24, 2.45) is 5.92 Å². The smallest absolute Gasteiger partial charge is 0.0948 e. The van der Waals surface area contributed by atoms with Crippen LogP contribution in [0.5, 0.6) is 0 Å². The van der Waals surface area contributed by atoms with E-state index in [0.717, 1.165) is 17.9 Å². The Morgan fingerprint density at radius 2 is 1.81 bits per heavy atom.